The summed E-state index contributed by atoms with van der Waals surface area (Å²) in [5.41, 5.74) is 2.18. The Morgan fingerprint density at radius 1 is 1.00 bits per heavy atom. The third-order valence-electron chi connectivity index (χ3n) is 7.21. The van der Waals surface area contributed by atoms with E-state index in [2.05, 4.69) is 70.7 Å². The molecule has 4 rings (SSSR count). The molecule has 3 aromatic rings. The summed E-state index contributed by atoms with van der Waals surface area (Å²) in [6, 6.07) is 26.8. The van der Waals surface area contributed by atoms with Crippen LogP contribution in [0.3, 0.4) is 0 Å². The molecule has 172 valence electrons. The van der Waals surface area contributed by atoms with Crippen molar-refractivity contribution in [2.75, 3.05) is 13.1 Å². The molecule has 1 unspecified atom stereocenters. The van der Waals surface area contributed by atoms with Gasteiger partial charge in [0, 0.05) is 24.7 Å². The molecule has 33 heavy (non-hydrogen) atoms. The molecule has 2 N–H and O–H groups in total. The molecular weight excluding hydrogens is 410 g/mol. The summed E-state index contributed by atoms with van der Waals surface area (Å²) in [5, 5.41) is 14.2. The molecule has 1 aliphatic heterocycles. The molecule has 1 saturated heterocycles. The molecule has 0 spiro atoms. The van der Waals surface area contributed by atoms with Crippen LogP contribution in [0.5, 0.6) is 0 Å². The van der Waals surface area contributed by atoms with Gasteiger partial charge < -0.3 is 10.4 Å². The molecule has 1 amide bonds. The van der Waals surface area contributed by atoms with Crippen LogP contribution in [0.25, 0.3) is 0 Å². The quantitative estimate of drug-likeness (QED) is 0.486. The molecule has 0 radical (unpaired) electrons. The molecular formula is C28H33N3O2. The molecule has 2 heterocycles. The van der Waals surface area contributed by atoms with Crippen LogP contribution >= 0.6 is 0 Å². The summed E-state index contributed by atoms with van der Waals surface area (Å²) in [7, 11) is 0. The SMILES string of the molecule is CC(CCC(NC=O)N1CCC(O)(c2ccccn2)CC1)(c1ccccc1)c1ccccc1. The second kappa shape index (κ2) is 10.3. The zero-order valence-corrected chi connectivity index (χ0v) is 19.2. The minimum absolute atomic E-state index is 0.0810. The van der Waals surface area contributed by atoms with Gasteiger partial charge in [0.2, 0.25) is 6.41 Å². The first-order valence-corrected chi connectivity index (χ1v) is 11.7. The van der Waals surface area contributed by atoms with Crippen LogP contribution in [0.15, 0.2) is 85.1 Å². The van der Waals surface area contributed by atoms with Gasteiger partial charge >= 0.3 is 0 Å². The number of amides is 1. The second-order valence-corrected chi connectivity index (χ2v) is 9.19. The highest BCUT2D eigenvalue weighted by Crippen LogP contribution is 2.38. The van der Waals surface area contributed by atoms with Crippen molar-refractivity contribution in [3.63, 3.8) is 0 Å². The predicted molar refractivity (Wildman–Crippen MR) is 131 cm³/mol. The number of hydrogen-bond donors (Lipinski definition) is 2. The number of pyridine rings is 1. The first-order valence-electron chi connectivity index (χ1n) is 11.7. The van der Waals surface area contributed by atoms with Crippen molar-refractivity contribution in [1.82, 2.24) is 15.2 Å². The lowest BCUT2D eigenvalue weighted by Crippen LogP contribution is -2.52. The number of likely N-dealkylation sites (tertiary alicyclic amines) is 1. The van der Waals surface area contributed by atoms with E-state index in [0.29, 0.717) is 25.9 Å². The summed E-state index contributed by atoms with van der Waals surface area (Å²) in [6.45, 7) is 3.68. The minimum Gasteiger partial charge on any atom is -0.383 e. The van der Waals surface area contributed by atoms with E-state index in [1.807, 2.05) is 30.3 Å². The predicted octanol–water partition coefficient (Wildman–Crippen LogP) is 4.22. The Kier molecular flexibility index (Phi) is 7.21. The Morgan fingerprint density at radius 3 is 2.09 bits per heavy atom. The third kappa shape index (κ3) is 5.15. The minimum atomic E-state index is -0.911. The maximum absolute atomic E-state index is 11.5. The number of rotatable bonds is 9. The molecule has 1 aliphatic rings. The summed E-state index contributed by atoms with van der Waals surface area (Å²) in [5.74, 6) is 0. The van der Waals surface area contributed by atoms with Crippen LogP contribution in [-0.4, -0.2) is 40.7 Å². The fourth-order valence-corrected chi connectivity index (χ4v) is 5.04. The van der Waals surface area contributed by atoms with Crippen molar-refractivity contribution >= 4 is 6.41 Å². The highest BCUT2D eigenvalue weighted by Gasteiger charge is 2.38. The lowest BCUT2D eigenvalue weighted by Gasteiger charge is -2.42. The van der Waals surface area contributed by atoms with Crippen molar-refractivity contribution in [3.05, 3.63) is 102 Å². The lowest BCUT2D eigenvalue weighted by molar-refractivity contribution is -0.112. The van der Waals surface area contributed by atoms with Crippen molar-refractivity contribution in [3.8, 4) is 0 Å². The summed E-state index contributed by atoms with van der Waals surface area (Å²) >= 11 is 0. The number of carbonyl (C=O) groups is 1. The van der Waals surface area contributed by atoms with Gasteiger partial charge in [-0.3, -0.25) is 14.7 Å². The number of nitrogens with zero attached hydrogens (tertiary/aromatic N) is 2. The normalized spacial score (nSPS) is 17.3. The van der Waals surface area contributed by atoms with Crippen LogP contribution in [0.4, 0.5) is 0 Å². The van der Waals surface area contributed by atoms with E-state index in [4.69, 9.17) is 0 Å². The second-order valence-electron chi connectivity index (χ2n) is 9.19. The average molecular weight is 444 g/mol. The monoisotopic (exact) mass is 443 g/mol. The first-order chi connectivity index (χ1) is 16.0. The van der Waals surface area contributed by atoms with Crippen LogP contribution in [0, 0.1) is 0 Å². The number of nitrogens with one attached hydrogen (secondary N) is 1. The van der Waals surface area contributed by atoms with Gasteiger partial charge in [0.15, 0.2) is 0 Å². The Labute approximate surface area is 196 Å². The van der Waals surface area contributed by atoms with Gasteiger partial charge in [-0.15, -0.1) is 0 Å². The molecule has 5 heteroatoms. The van der Waals surface area contributed by atoms with E-state index in [1.54, 1.807) is 6.20 Å². The summed E-state index contributed by atoms with van der Waals surface area (Å²) in [6.07, 6.45) is 5.32. The van der Waals surface area contributed by atoms with Crippen LogP contribution < -0.4 is 5.32 Å². The number of hydrogen-bond acceptors (Lipinski definition) is 4. The number of benzene rings is 2. The zero-order valence-electron chi connectivity index (χ0n) is 19.2. The van der Waals surface area contributed by atoms with E-state index >= 15 is 0 Å². The van der Waals surface area contributed by atoms with Crippen LogP contribution in [-0.2, 0) is 15.8 Å². The number of aromatic nitrogens is 1. The van der Waals surface area contributed by atoms with Gasteiger partial charge in [-0.1, -0.05) is 73.7 Å². The fraction of sp³-hybridized carbons (Fsp3) is 0.357. The maximum atomic E-state index is 11.5. The van der Waals surface area contributed by atoms with Gasteiger partial charge in [0.25, 0.3) is 0 Å². The number of piperidine rings is 1. The molecule has 0 aliphatic carbocycles. The van der Waals surface area contributed by atoms with Gasteiger partial charge in [-0.05, 0) is 48.9 Å². The van der Waals surface area contributed by atoms with E-state index < -0.39 is 5.60 Å². The largest absolute Gasteiger partial charge is 0.383 e. The Morgan fingerprint density at radius 2 is 1.58 bits per heavy atom. The topological polar surface area (TPSA) is 65.5 Å². The van der Waals surface area contributed by atoms with Crippen molar-refractivity contribution in [1.29, 1.82) is 0 Å². The smallest absolute Gasteiger partial charge is 0.208 e. The van der Waals surface area contributed by atoms with Crippen molar-refractivity contribution in [2.45, 2.75) is 49.8 Å². The van der Waals surface area contributed by atoms with E-state index in [9.17, 15) is 9.90 Å². The van der Waals surface area contributed by atoms with Gasteiger partial charge in [0.1, 0.15) is 5.60 Å². The first kappa shape index (κ1) is 23.1. The van der Waals surface area contributed by atoms with Crippen molar-refractivity contribution < 1.29 is 9.90 Å². The molecule has 2 aromatic carbocycles. The molecule has 0 saturated carbocycles. The Hall–Kier alpha value is -3.02. The Balaban J connectivity index is 1.49. The van der Waals surface area contributed by atoms with E-state index in [0.717, 1.165) is 24.9 Å². The highest BCUT2D eigenvalue weighted by atomic mass is 16.3. The van der Waals surface area contributed by atoms with Crippen LogP contribution in [0.2, 0.25) is 0 Å². The Bertz CT molecular complexity index is 964. The average Bonchev–Trinajstić information content (AvgIpc) is 2.88. The fourth-order valence-electron chi connectivity index (χ4n) is 5.04. The van der Waals surface area contributed by atoms with E-state index in [1.165, 1.54) is 11.1 Å². The van der Waals surface area contributed by atoms with E-state index in [-0.39, 0.29) is 11.6 Å². The van der Waals surface area contributed by atoms with Crippen molar-refractivity contribution in [2.24, 2.45) is 0 Å². The lowest BCUT2D eigenvalue weighted by atomic mass is 9.72. The number of carbonyl (C=O) groups excluding carboxylic acids is 1. The molecule has 0 bridgehead atoms. The summed E-state index contributed by atoms with van der Waals surface area (Å²) in [4.78, 5) is 18.1. The number of aliphatic hydroxyl groups is 1. The van der Waals surface area contributed by atoms with Gasteiger partial charge in [-0.25, -0.2) is 0 Å². The van der Waals surface area contributed by atoms with Crippen LogP contribution in [0.1, 0.15) is 49.4 Å². The highest BCUT2D eigenvalue weighted by molar-refractivity contribution is 5.46. The van der Waals surface area contributed by atoms with Gasteiger partial charge in [0.05, 0.1) is 11.9 Å². The standard InChI is InChI=1S/C28H33N3O2/c1-27(23-10-4-2-5-11-23,24-12-6-3-7-13-24)16-15-26(30-22-32)31-20-17-28(33,18-21-31)25-14-8-9-19-29-25/h2-14,19,22,26,33H,15-18,20-21H2,1H3,(H,30,32). The molecule has 5 nitrogen and oxygen atoms in total. The summed E-state index contributed by atoms with van der Waals surface area (Å²) < 4.78 is 0. The molecule has 1 fully saturated rings. The zero-order chi connectivity index (χ0) is 23.2. The molecule has 1 atom stereocenters. The van der Waals surface area contributed by atoms with Gasteiger partial charge in [-0.2, -0.15) is 0 Å². The maximum Gasteiger partial charge on any atom is 0.208 e. The molecule has 1 aromatic heterocycles. The third-order valence-corrected chi connectivity index (χ3v) is 7.21.